The van der Waals surface area contributed by atoms with E-state index in [0.717, 1.165) is 25.7 Å². The van der Waals surface area contributed by atoms with E-state index in [2.05, 4.69) is 0 Å². The number of hydrogen-bond donors (Lipinski definition) is 1. The first-order valence-electron chi connectivity index (χ1n) is 8.48. The highest BCUT2D eigenvalue weighted by Gasteiger charge is 2.41. The summed E-state index contributed by atoms with van der Waals surface area (Å²) in [6.45, 7) is 4.08. The van der Waals surface area contributed by atoms with Gasteiger partial charge in [-0.2, -0.15) is 0 Å². The number of fused-ring (bicyclic) bond motifs is 1. The highest BCUT2D eigenvalue weighted by molar-refractivity contribution is 6.08. The van der Waals surface area contributed by atoms with Gasteiger partial charge in [-0.3, -0.25) is 10.1 Å². The molecule has 0 saturated heterocycles. The first-order chi connectivity index (χ1) is 11.9. The monoisotopic (exact) mass is 343 g/mol. The van der Waals surface area contributed by atoms with Crippen LogP contribution in [0.4, 0.5) is 5.69 Å². The lowest BCUT2D eigenvalue weighted by atomic mass is 9.88. The first-order valence-corrected chi connectivity index (χ1v) is 8.48. The zero-order valence-electron chi connectivity index (χ0n) is 14.3. The summed E-state index contributed by atoms with van der Waals surface area (Å²) in [5.41, 5.74) is -0.621. The summed E-state index contributed by atoms with van der Waals surface area (Å²) in [6.07, 6.45) is 3.64. The van der Waals surface area contributed by atoms with E-state index < -0.39 is 16.5 Å². The molecule has 0 amide bonds. The lowest BCUT2D eigenvalue weighted by molar-refractivity contribution is -0.384. The molecule has 0 spiro atoms. The Morgan fingerprint density at radius 2 is 1.84 bits per heavy atom. The molecule has 0 aliphatic heterocycles. The van der Waals surface area contributed by atoms with E-state index in [-0.39, 0.29) is 22.9 Å². The second kappa shape index (κ2) is 6.35. The van der Waals surface area contributed by atoms with Crippen LogP contribution in [0.2, 0.25) is 0 Å². The molecule has 0 radical (unpaired) electrons. The Labute approximate surface area is 145 Å². The fourth-order valence-corrected chi connectivity index (χ4v) is 3.77. The van der Waals surface area contributed by atoms with Crippen molar-refractivity contribution >= 4 is 22.4 Å². The van der Waals surface area contributed by atoms with Gasteiger partial charge in [0.1, 0.15) is 5.60 Å². The Balaban J connectivity index is 2.25. The van der Waals surface area contributed by atoms with Gasteiger partial charge in [0, 0.05) is 11.5 Å². The molecule has 6 nitrogen and oxygen atoms in total. The predicted octanol–water partition coefficient (Wildman–Crippen LogP) is 4.79. The number of rotatable bonds is 5. The van der Waals surface area contributed by atoms with Gasteiger partial charge in [-0.15, -0.1) is 0 Å². The van der Waals surface area contributed by atoms with Crippen molar-refractivity contribution in [2.75, 3.05) is 0 Å². The molecule has 6 heteroatoms. The fourth-order valence-electron chi connectivity index (χ4n) is 3.77. The van der Waals surface area contributed by atoms with Crippen LogP contribution in [0.15, 0.2) is 30.3 Å². The summed E-state index contributed by atoms with van der Waals surface area (Å²) >= 11 is 0. The van der Waals surface area contributed by atoms with E-state index in [9.17, 15) is 20.0 Å². The average Bonchev–Trinajstić information content (AvgIpc) is 3.03. The highest BCUT2D eigenvalue weighted by Crippen LogP contribution is 2.45. The van der Waals surface area contributed by atoms with Crippen molar-refractivity contribution < 1.29 is 19.6 Å². The van der Waals surface area contributed by atoms with E-state index in [0.29, 0.717) is 10.8 Å². The topological polar surface area (TPSA) is 89.7 Å². The average molecular weight is 343 g/mol. The van der Waals surface area contributed by atoms with Gasteiger partial charge in [0.25, 0.3) is 0 Å². The van der Waals surface area contributed by atoms with Gasteiger partial charge in [-0.05, 0) is 37.7 Å². The van der Waals surface area contributed by atoms with Gasteiger partial charge in [0.2, 0.25) is 0 Å². The third-order valence-electron chi connectivity index (χ3n) is 5.21. The lowest BCUT2D eigenvalue weighted by Gasteiger charge is -2.34. The molecule has 1 aliphatic carbocycles. The molecule has 0 heterocycles. The van der Waals surface area contributed by atoms with Crippen LogP contribution in [0, 0.1) is 16.0 Å². The molecular weight excluding hydrogens is 322 g/mol. The number of carboxylic acid groups (broad SMARTS) is 1. The maximum atomic E-state index is 11.7. The maximum absolute atomic E-state index is 11.7. The third kappa shape index (κ3) is 2.92. The van der Waals surface area contributed by atoms with Gasteiger partial charge in [0.05, 0.1) is 15.9 Å². The maximum Gasteiger partial charge on any atom is 0.336 e. The summed E-state index contributed by atoms with van der Waals surface area (Å²) in [7, 11) is 0. The predicted molar refractivity (Wildman–Crippen MR) is 94.2 cm³/mol. The highest BCUT2D eigenvalue weighted by atomic mass is 16.6. The van der Waals surface area contributed by atoms with E-state index in [4.69, 9.17) is 4.74 Å². The molecule has 132 valence electrons. The molecule has 2 aromatic rings. The minimum Gasteiger partial charge on any atom is -0.480 e. The SMILES string of the molecule is CC(C)C1(Oc2cc(C(=O)O)c3ccccc3c2[N+](=O)[O-])CCCC1. The smallest absolute Gasteiger partial charge is 0.336 e. The van der Waals surface area contributed by atoms with Crippen LogP contribution in [0.1, 0.15) is 49.9 Å². The normalized spacial score (nSPS) is 16.3. The first kappa shape index (κ1) is 17.2. The molecule has 3 rings (SSSR count). The number of hydrogen-bond acceptors (Lipinski definition) is 4. The van der Waals surface area contributed by atoms with Crippen molar-refractivity contribution in [3.63, 3.8) is 0 Å². The Kier molecular flexibility index (Phi) is 4.37. The van der Waals surface area contributed by atoms with Crippen molar-refractivity contribution in [1.82, 2.24) is 0 Å². The molecule has 0 unspecified atom stereocenters. The minimum absolute atomic E-state index is 0.0214. The number of aromatic carboxylic acids is 1. The van der Waals surface area contributed by atoms with Crippen LogP contribution in [-0.4, -0.2) is 21.6 Å². The van der Waals surface area contributed by atoms with E-state index in [1.54, 1.807) is 24.3 Å². The largest absolute Gasteiger partial charge is 0.480 e. The molecule has 0 aromatic heterocycles. The van der Waals surface area contributed by atoms with E-state index >= 15 is 0 Å². The fraction of sp³-hybridized carbons (Fsp3) is 0.421. The van der Waals surface area contributed by atoms with Gasteiger partial charge >= 0.3 is 11.7 Å². The van der Waals surface area contributed by atoms with Gasteiger partial charge in [-0.1, -0.05) is 32.0 Å². The van der Waals surface area contributed by atoms with E-state index in [1.165, 1.54) is 6.07 Å². The second-order valence-corrected chi connectivity index (χ2v) is 6.91. The molecule has 2 aromatic carbocycles. The van der Waals surface area contributed by atoms with Crippen LogP contribution < -0.4 is 4.74 Å². The van der Waals surface area contributed by atoms with Crippen LogP contribution in [0.5, 0.6) is 5.75 Å². The molecule has 1 saturated carbocycles. The lowest BCUT2D eigenvalue weighted by Crippen LogP contribution is -2.38. The molecule has 1 N–H and O–H groups in total. The third-order valence-corrected chi connectivity index (χ3v) is 5.21. The molecule has 0 bridgehead atoms. The Bertz CT molecular complexity index is 837. The Morgan fingerprint density at radius 1 is 1.24 bits per heavy atom. The van der Waals surface area contributed by atoms with Crippen LogP contribution in [0.25, 0.3) is 10.8 Å². The van der Waals surface area contributed by atoms with Crippen LogP contribution in [-0.2, 0) is 0 Å². The molecule has 1 fully saturated rings. The quantitative estimate of drug-likeness (QED) is 0.622. The summed E-state index contributed by atoms with van der Waals surface area (Å²) in [5, 5.41) is 21.9. The summed E-state index contributed by atoms with van der Waals surface area (Å²) < 4.78 is 6.21. The number of nitro groups is 1. The standard InChI is InChI=1S/C19H21NO5/c1-12(2)19(9-5-6-10-19)25-16-11-15(18(21)22)13-7-3-4-8-14(13)17(16)20(23)24/h3-4,7-8,11-12H,5-6,9-10H2,1-2H3,(H,21,22). The number of carbonyl (C=O) groups is 1. The van der Waals surface area contributed by atoms with Crippen LogP contribution >= 0.6 is 0 Å². The van der Waals surface area contributed by atoms with E-state index in [1.807, 2.05) is 13.8 Å². The number of ether oxygens (including phenoxy) is 1. The number of nitrogens with zero attached hydrogens (tertiary/aromatic N) is 1. The van der Waals surface area contributed by atoms with Crippen molar-refractivity contribution in [1.29, 1.82) is 0 Å². The Morgan fingerprint density at radius 3 is 2.36 bits per heavy atom. The van der Waals surface area contributed by atoms with Gasteiger partial charge in [-0.25, -0.2) is 4.79 Å². The van der Waals surface area contributed by atoms with Gasteiger partial charge in [0.15, 0.2) is 5.75 Å². The number of nitro benzene ring substituents is 1. The van der Waals surface area contributed by atoms with Crippen molar-refractivity contribution in [3.8, 4) is 5.75 Å². The zero-order chi connectivity index (χ0) is 18.2. The molecule has 25 heavy (non-hydrogen) atoms. The van der Waals surface area contributed by atoms with Gasteiger partial charge < -0.3 is 9.84 Å². The summed E-state index contributed by atoms with van der Waals surface area (Å²) in [4.78, 5) is 22.9. The molecule has 0 atom stereocenters. The number of benzene rings is 2. The van der Waals surface area contributed by atoms with Crippen molar-refractivity contribution in [3.05, 3.63) is 46.0 Å². The van der Waals surface area contributed by atoms with Crippen molar-refractivity contribution in [2.24, 2.45) is 5.92 Å². The van der Waals surface area contributed by atoms with Crippen LogP contribution in [0.3, 0.4) is 0 Å². The summed E-state index contributed by atoms with van der Waals surface area (Å²) in [5.74, 6) is -0.896. The van der Waals surface area contributed by atoms with Crippen molar-refractivity contribution in [2.45, 2.75) is 45.1 Å². The zero-order valence-corrected chi connectivity index (χ0v) is 14.3. The molecule has 1 aliphatic rings. The summed E-state index contributed by atoms with van der Waals surface area (Å²) in [6, 6.07) is 7.81. The number of carboxylic acids is 1. The molecular formula is C19H21NO5. The minimum atomic E-state index is -1.12. The Hall–Kier alpha value is -2.63. The second-order valence-electron chi connectivity index (χ2n) is 6.91.